The van der Waals surface area contributed by atoms with Gasteiger partial charge in [-0.1, -0.05) is 32.1 Å². The molecule has 0 aliphatic carbocycles. The Morgan fingerprint density at radius 1 is 1.24 bits per heavy atom. The van der Waals surface area contributed by atoms with E-state index in [0.717, 1.165) is 12.0 Å². The number of rotatable bonds is 4. The number of alkyl halides is 3. The van der Waals surface area contributed by atoms with Gasteiger partial charge in [-0.3, -0.25) is 0 Å². The first-order chi connectivity index (χ1) is 7.80. The number of allylic oxidation sites excluding steroid dienone is 1. The normalized spacial score (nSPS) is 15.1. The molecule has 0 fully saturated rings. The molecule has 1 nitrogen and oxygen atoms in total. The van der Waals surface area contributed by atoms with Crippen LogP contribution in [-0.2, 0) is 5.41 Å². The van der Waals surface area contributed by atoms with Crippen LogP contribution >= 0.6 is 0 Å². The zero-order chi connectivity index (χ0) is 13.1. The predicted molar refractivity (Wildman–Crippen MR) is 61.0 cm³/mol. The zero-order valence-electron chi connectivity index (χ0n) is 9.84. The van der Waals surface area contributed by atoms with Crippen molar-refractivity contribution in [3.63, 3.8) is 0 Å². The molecule has 0 saturated carbocycles. The maximum absolute atomic E-state index is 12.0. The lowest BCUT2D eigenvalue weighted by Crippen LogP contribution is -2.18. The van der Waals surface area contributed by atoms with Gasteiger partial charge in [0.1, 0.15) is 5.75 Å². The summed E-state index contributed by atoms with van der Waals surface area (Å²) in [4.78, 5) is 0. The summed E-state index contributed by atoms with van der Waals surface area (Å²) in [5, 5.41) is 0. The van der Waals surface area contributed by atoms with E-state index in [0.29, 0.717) is 0 Å². The molecular formula is C13H15F3O. The van der Waals surface area contributed by atoms with Gasteiger partial charge >= 0.3 is 6.36 Å². The molecule has 0 unspecified atom stereocenters. The highest BCUT2D eigenvalue weighted by Crippen LogP contribution is 2.31. The Hall–Kier alpha value is -1.45. The van der Waals surface area contributed by atoms with Crippen LogP contribution in [0.3, 0.4) is 0 Å². The van der Waals surface area contributed by atoms with Crippen LogP contribution in [-0.4, -0.2) is 6.36 Å². The van der Waals surface area contributed by atoms with Crippen LogP contribution < -0.4 is 4.74 Å². The highest BCUT2D eigenvalue weighted by Gasteiger charge is 2.31. The van der Waals surface area contributed by atoms with Gasteiger partial charge in [0.05, 0.1) is 0 Å². The van der Waals surface area contributed by atoms with E-state index in [9.17, 15) is 13.2 Å². The fourth-order valence-corrected chi connectivity index (χ4v) is 1.50. The van der Waals surface area contributed by atoms with Crippen molar-refractivity contribution in [2.75, 3.05) is 0 Å². The average molecular weight is 244 g/mol. The molecule has 1 atom stereocenters. The zero-order valence-corrected chi connectivity index (χ0v) is 9.84. The van der Waals surface area contributed by atoms with Gasteiger partial charge in [0.15, 0.2) is 0 Å². The molecule has 17 heavy (non-hydrogen) atoms. The molecule has 0 saturated heterocycles. The van der Waals surface area contributed by atoms with Crippen LogP contribution in [0.2, 0.25) is 0 Å². The van der Waals surface area contributed by atoms with Crippen LogP contribution in [0.4, 0.5) is 13.2 Å². The molecule has 0 bridgehead atoms. The second-order valence-electron chi connectivity index (χ2n) is 4.05. The third-order valence-electron chi connectivity index (χ3n) is 2.93. The number of benzene rings is 1. The van der Waals surface area contributed by atoms with Gasteiger partial charge in [0.2, 0.25) is 0 Å². The van der Waals surface area contributed by atoms with Crippen molar-refractivity contribution in [3.8, 4) is 5.75 Å². The number of ether oxygens (including phenoxy) is 1. The quantitative estimate of drug-likeness (QED) is 0.711. The highest BCUT2D eigenvalue weighted by atomic mass is 19.4. The summed E-state index contributed by atoms with van der Waals surface area (Å²) in [5.41, 5.74) is 0.695. The summed E-state index contributed by atoms with van der Waals surface area (Å²) in [6.45, 7) is 7.74. The summed E-state index contributed by atoms with van der Waals surface area (Å²) in [7, 11) is 0. The van der Waals surface area contributed by atoms with Crippen LogP contribution in [0.15, 0.2) is 36.9 Å². The molecule has 1 aromatic carbocycles. The largest absolute Gasteiger partial charge is 0.573 e. The number of halogens is 3. The molecule has 0 spiro atoms. The van der Waals surface area contributed by atoms with Crippen molar-refractivity contribution in [3.05, 3.63) is 42.5 Å². The van der Waals surface area contributed by atoms with E-state index in [2.05, 4.69) is 11.3 Å². The summed E-state index contributed by atoms with van der Waals surface area (Å²) in [6.07, 6.45) is -2.02. The van der Waals surface area contributed by atoms with Gasteiger partial charge < -0.3 is 4.74 Å². The maximum Gasteiger partial charge on any atom is 0.573 e. The Labute approximate surface area is 98.9 Å². The van der Waals surface area contributed by atoms with Crippen LogP contribution in [0.5, 0.6) is 5.75 Å². The Kier molecular flexibility index (Phi) is 3.86. The molecule has 1 aromatic rings. The Morgan fingerprint density at radius 2 is 1.76 bits per heavy atom. The van der Waals surface area contributed by atoms with E-state index in [1.54, 1.807) is 18.2 Å². The number of hydrogen-bond acceptors (Lipinski definition) is 1. The third kappa shape index (κ3) is 3.51. The van der Waals surface area contributed by atoms with Crippen LogP contribution in [0.1, 0.15) is 25.8 Å². The van der Waals surface area contributed by atoms with Gasteiger partial charge in [-0.25, -0.2) is 0 Å². The van der Waals surface area contributed by atoms with Gasteiger partial charge in [0.25, 0.3) is 0 Å². The summed E-state index contributed by atoms with van der Waals surface area (Å²) in [5.74, 6) is -0.205. The SMILES string of the molecule is C=C[C@](C)(CC)c1ccc(OC(F)(F)F)cc1. The lowest BCUT2D eigenvalue weighted by Gasteiger charge is -2.24. The lowest BCUT2D eigenvalue weighted by atomic mass is 9.80. The molecule has 4 heteroatoms. The van der Waals surface area contributed by atoms with Crippen molar-refractivity contribution >= 4 is 0 Å². The topological polar surface area (TPSA) is 9.23 Å². The average Bonchev–Trinajstić information content (AvgIpc) is 2.27. The van der Waals surface area contributed by atoms with E-state index < -0.39 is 6.36 Å². The van der Waals surface area contributed by atoms with Crippen LogP contribution in [0, 0.1) is 0 Å². The van der Waals surface area contributed by atoms with Crippen molar-refractivity contribution < 1.29 is 17.9 Å². The predicted octanol–water partition coefficient (Wildman–Crippen LogP) is 4.44. The Bertz CT molecular complexity index is 381. The molecular weight excluding hydrogens is 229 g/mol. The van der Waals surface area contributed by atoms with Gasteiger partial charge in [0, 0.05) is 5.41 Å². The van der Waals surface area contributed by atoms with E-state index in [4.69, 9.17) is 0 Å². The lowest BCUT2D eigenvalue weighted by molar-refractivity contribution is -0.274. The molecule has 0 aromatic heterocycles. The second-order valence-corrected chi connectivity index (χ2v) is 4.05. The van der Waals surface area contributed by atoms with Crippen molar-refractivity contribution in [1.82, 2.24) is 0 Å². The third-order valence-corrected chi connectivity index (χ3v) is 2.93. The summed E-state index contributed by atoms with van der Waals surface area (Å²) >= 11 is 0. The molecule has 0 N–H and O–H groups in total. The molecule has 1 rings (SSSR count). The monoisotopic (exact) mass is 244 g/mol. The Balaban J connectivity index is 2.92. The first kappa shape index (κ1) is 13.6. The van der Waals surface area contributed by atoms with Crippen LogP contribution in [0.25, 0.3) is 0 Å². The molecule has 0 aliphatic heterocycles. The molecule has 0 amide bonds. The minimum Gasteiger partial charge on any atom is -0.406 e. The fourth-order valence-electron chi connectivity index (χ4n) is 1.50. The fraction of sp³-hybridized carbons (Fsp3) is 0.385. The molecule has 0 radical (unpaired) electrons. The highest BCUT2D eigenvalue weighted by molar-refractivity contribution is 5.34. The molecule has 0 heterocycles. The van der Waals surface area contributed by atoms with E-state index in [-0.39, 0.29) is 11.2 Å². The first-order valence-corrected chi connectivity index (χ1v) is 5.30. The Morgan fingerprint density at radius 3 is 2.12 bits per heavy atom. The first-order valence-electron chi connectivity index (χ1n) is 5.30. The van der Waals surface area contributed by atoms with E-state index in [1.165, 1.54) is 12.1 Å². The van der Waals surface area contributed by atoms with Gasteiger partial charge in [-0.15, -0.1) is 19.8 Å². The summed E-state index contributed by atoms with van der Waals surface area (Å²) < 4.78 is 39.7. The van der Waals surface area contributed by atoms with E-state index >= 15 is 0 Å². The van der Waals surface area contributed by atoms with Crippen molar-refractivity contribution in [2.45, 2.75) is 32.0 Å². The van der Waals surface area contributed by atoms with Crippen molar-refractivity contribution in [2.24, 2.45) is 0 Å². The molecule has 0 aliphatic rings. The van der Waals surface area contributed by atoms with Gasteiger partial charge in [-0.2, -0.15) is 0 Å². The second kappa shape index (κ2) is 4.82. The maximum atomic E-state index is 12.0. The smallest absolute Gasteiger partial charge is 0.406 e. The van der Waals surface area contributed by atoms with Crippen molar-refractivity contribution in [1.29, 1.82) is 0 Å². The minimum absolute atomic E-state index is 0.205. The summed E-state index contributed by atoms with van der Waals surface area (Å²) in [6, 6.07) is 5.90. The molecule has 94 valence electrons. The minimum atomic E-state index is -4.64. The number of hydrogen-bond donors (Lipinski definition) is 0. The van der Waals surface area contributed by atoms with Gasteiger partial charge in [-0.05, 0) is 24.1 Å². The standard InChI is InChI=1S/C13H15F3O/c1-4-12(3,5-2)10-6-8-11(9-7-10)17-13(14,15)16/h4,6-9H,1,5H2,2-3H3/t12-/m1/s1. The van der Waals surface area contributed by atoms with E-state index in [1.807, 2.05) is 13.8 Å².